The molecule has 9 nitrogen and oxygen atoms in total. The van der Waals surface area contributed by atoms with Crippen molar-refractivity contribution in [1.82, 2.24) is 25.7 Å². The Kier molecular flexibility index (Phi) is 5.93. The van der Waals surface area contributed by atoms with Crippen molar-refractivity contribution in [1.29, 1.82) is 0 Å². The van der Waals surface area contributed by atoms with Crippen LogP contribution in [0.15, 0.2) is 41.2 Å². The van der Waals surface area contributed by atoms with E-state index in [0.29, 0.717) is 30.5 Å². The zero-order valence-corrected chi connectivity index (χ0v) is 15.2. The number of amides is 1. The fraction of sp³-hybridized carbons (Fsp3) is 0.278. The molecule has 0 bridgehead atoms. The Balaban J connectivity index is 1.39. The molecule has 0 atom stereocenters. The van der Waals surface area contributed by atoms with Crippen molar-refractivity contribution in [3.8, 4) is 0 Å². The van der Waals surface area contributed by atoms with Gasteiger partial charge in [-0.3, -0.25) is 9.78 Å². The van der Waals surface area contributed by atoms with Gasteiger partial charge >= 0.3 is 0 Å². The molecule has 3 rings (SSSR count). The van der Waals surface area contributed by atoms with E-state index in [4.69, 9.17) is 4.52 Å². The van der Waals surface area contributed by atoms with Crippen LogP contribution in [0.1, 0.15) is 17.0 Å². The van der Waals surface area contributed by atoms with Crippen molar-refractivity contribution in [2.24, 2.45) is 0 Å². The summed E-state index contributed by atoms with van der Waals surface area (Å²) < 4.78 is 5.06. The third-order valence-corrected chi connectivity index (χ3v) is 3.87. The Bertz CT molecular complexity index is 859. The highest BCUT2D eigenvalue weighted by Crippen LogP contribution is 2.13. The molecule has 3 aromatic rings. The number of rotatable bonds is 8. The Hall–Kier alpha value is -3.49. The van der Waals surface area contributed by atoms with Gasteiger partial charge in [0.2, 0.25) is 5.91 Å². The minimum atomic E-state index is -0.0756. The summed E-state index contributed by atoms with van der Waals surface area (Å²) in [6, 6.07) is 7.37. The van der Waals surface area contributed by atoms with Crippen molar-refractivity contribution in [2.75, 3.05) is 23.7 Å². The van der Waals surface area contributed by atoms with Crippen LogP contribution in [0.4, 0.5) is 17.3 Å². The second kappa shape index (κ2) is 8.75. The topological polar surface area (TPSA) is 118 Å². The summed E-state index contributed by atoms with van der Waals surface area (Å²) in [4.78, 5) is 16.0. The Morgan fingerprint density at radius 2 is 1.93 bits per heavy atom. The first-order valence-corrected chi connectivity index (χ1v) is 8.55. The van der Waals surface area contributed by atoms with Gasteiger partial charge in [0.15, 0.2) is 5.82 Å². The lowest BCUT2D eigenvalue weighted by atomic mass is 10.1. The molecule has 0 aliphatic carbocycles. The standard InChI is InChI=1S/C18H21N7O2/c1-12-15(13(2)27-25-12)10-18(26)21-9-8-20-16-5-6-17(24-23-16)22-14-4-3-7-19-11-14/h3-7,11H,8-10H2,1-2H3,(H,20,23)(H,21,26)(H,22,24). The lowest BCUT2D eigenvalue weighted by Crippen LogP contribution is -2.30. The fourth-order valence-corrected chi connectivity index (χ4v) is 2.45. The van der Waals surface area contributed by atoms with Gasteiger partial charge in [-0.25, -0.2) is 0 Å². The number of carbonyl (C=O) groups excluding carboxylic acids is 1. The average molecular weight is 367 g/mol. The first-order valence-electron chi connectivity index (χ1n) is 8.55. The summed E-state index contributed by atoms with van der Waals surface area (Å²) in [5, 5.41) is 21.1. The number of hydrogen-bond acceptors (Lipinski definition) is 8. The highest BCUT2D eigenvalue weighted by Gasteiger charge is 2.12. The lowest BCUT2D eigenvalue weighted by Gasteiger charge is -2.08. The molecule has 0 aromatic carbocycles. The molecule has 0 unspecified atom stereocenters. The summed E-state index contributed by atoms with van der Waals surface area (Å²) in [6.45, 7) is 4.64. The van der Waals surface area contributed by atoms with Gasteiger partial charge in [-0.2, -0.15) is 0 Å². The van der Waals surface area contributed by atoms with Gasteiger partial charge in [-0.05, 0) is 38.1 Å². The minimum absolute atomic E-state index is 0.0756. The molecule has 3 aromatic heterocycles. The largest absolute Gasteiger partial charge is 0.367 e. The van der Waals surface area contributed by atoms with E-state index in [0.717, 1.165) is 16.9 Å². The fourth-order valence-electron chi connectivity index (χ4n) is 2.45. The minimum Gasteiger partial charge on any atom is -0.367 e. The van der Waals surface area contributed by atoms with Crippen LogP contribution in [-0.4, -0.2) is 39.3 Å². The van der Waals surface area contributed by atoms with E-state index in [1.54, 1.807) is 19.3 Å². The smallest absolute Gasteiger partial charge is 0.224 e. The monoisotopic (exact) mass is 367 g/mol. The van der Waals surface area contributed by atoms with Crippen molar-refractivity contribution in [3.63, 3.8) is 0 Å². The second-order valence-electron chi connectivity index (χ2n) is 5.93. The highest BCUT2D eigenvalue weighted by molar-refractivity contribution is 5.79. The third kappa shape index (κ3) is 5.24. The number of nitrogens with one attached hydrogen (secondary N) is 3. The van der Waals surface area contributed by atoms with Crippen LogP contribution in [0.3, 0.4) is 0 Å². The summed E-state index contributed by atoms with van der Waals surface area (Å²) in [5.41, 5.74) is 2.42. The van der Waals surface area contributed by atoms with Crippen LogP contribution in [0.25, 0.3) is 0 Å². The Morgan fingerprint density at radius 1 is 1.11 bits per heavy atom. The zero-order valence-electron chi connectivity index (χ0n) is 15.2. The van der Waals surface area contributed by atoms with Crippen LogP contribution in [0.5, 0.6) is 0 Å². The normalized spacial score (nSPS) is 10.4. The molecule has 3 N–H and O–H groups in total. The first-order chi connectivity index (χ1) is 13.1. The molecule has 0 spiro atoms. The zero-order chi connectivity index (χ0) is 19.1. The van der Waals surface area contributed by atoms with E-state index in [1.807, 2.05) is 31.2 Å². The quantitative estimate of drug-likeness (QED) is 0.517. The molecular formula is C18H21N7O2. The average Bonchev–Trinajstić information content (AvgIpc) is 2.99. The molecule has 140 valence electrons. The molecule has 0 aliphatic heterocycles. The van der Waals surface area contributed by atoms with Gasteiger partial charge in [-0.15, -0.1) is 10.2 Å². The maximum atomic E-state index is 12.0. The first kappa shape index (κ1) is 18.3. The van der Waals surface area contributed by atoms with Gasteiger partial charge < -0.3 is 20.5 Å². The van der Waals surface area contributed by atoms with Gasteiger partial charge in [0.1, 0.15) is 11.6 Å². The lowest BCUT2D eigenvalue weighted by molar-refractivity contribution is -0.120. The van der Waals surface area contributed by atoms with E-state index in [9.17, 15) is 4.79 Å². The molecule has 0 radical (unpaired) electrons. The molecule has 3 heterocycles. The number of pyridine rings is 1. The van der Waals surface area contributed by atoms with E-state index >= 15 is 0 Å². The molecule has 1 amide bonds. The van der Waals surface area contributed by atoms with Crippen LogP contribution >= 0.6 is 0 Å². The summed E-state index contributed by atoms with van der Waals surface area (Å²) >= 11 is 0. The molecule has 27 heavy (non-hydrogen) atoms. The maximum Gasteiger partial charge on any atom is 0.224 e. The van der Waals surface area contributed by atoms with E-state index < -0.39 is 0 Å². The molecular weight excluding hydrogens is 346 g/mol. The van der Waals surface area contributed by atoms with Crippen molar-refractivity contribution in [2.45, 2.75) is 20.3 Å². The van der Waals surface area contributed by atoms with Crippen molar-refractivity contribution < 1.29 is 9.32 Å². The summed E-state index contributed by atoms with van der Waals surface area (Å²) in [6.07, 6.45) is 3.67. The third-order valence-electron chi connectivity index (χ3n) is 3.87. The van der Waals surface area contributed by atoms with Crippen LogP contribution in [-0.2, 0) is 11.2 Å². The molecule has 0 aliphatic rings. The number of nitrogens with zero attached hydrogens (tertiary/aromatic N) is 4. The number of aryl methyl sites for hydroxylation is 2. The second-order valence-corrected chi connectivity index (χ2v) is 5.93. The molecule has 0 saturated carbocycles. The molecule has 0 fully saturated rings. The SMILES string of the molecule is Cc1noc(C)c1CC(=O)NCCNc1ccc(Nc2cccnc2)nn1. The Labute approximate surface area is 156 Å². The van der Waals surface area contributed by atoms with Crippen molar-refractivity contribution in [3.05, 3.63) is 53.7 Å². The number of carbonyl (C=O) groups is 1. The number of hydrogen-bond donors (Lipinski definition) is 3. The predicted molar refractivity (Wildman–Crippen MR) is 101 cm³/mol. The van der Waals surface area contributed by atoms with E-state index in [1.165, 1.54) is 0 Å². The Morgan fingerprint density at radius 3 is 2.59 bits per heavy atom. The van der Waals surface area contributed by atoms with Gasteiger partial charge in [0.05, 0.1) is 24.0 Å². The van der Waals surface area contributed by atoms with Crippen molar-refractivity contribution >= 4 is 23.2 Å². The van der Waals surface area contributed by atoms with Crippen LogP contribution in [0, 0.1) is 13.8 Å². The van der Waals surface area contributed by atoms with Gasteiger partial charge in [0, 0.05) is 24.8 Å². The van der Waals surface area contributed by atoms with E-state index in [-0.39, 0.29) is 12.3 Å². The molecule has 0 saturated heterocycles. The maximum absolute atomic E-state index is 12.0. The summed E-state index contributed by atoms with van der Waals surface area (Å²) in [5.74, 6) is 1.86. The number of anilines is 3. The van der Waals surface area contributed by atoms with Gasteiger partial charge in [0.25, 0.3) is 0 Å². The highest BCUT2D eigenvalue weighted by atomic mass is 16.5. The van der Waals surface area contributed by atoms with Crippen LogP contribution < -0.4 is 16.0 Å². The van der Waals surface area contributed by atoms with E-state index in [2.05, 4.69) is 36.3 Å². The van der Waals surface area contributed by atoms with Gasteiger partial charge in [-0.1, -0.05) is 5.16 Å². The molecule has 9 heteroatoms. The van der Waals surface area contributed by atoms with Crippen LogP contribution in [0.2, 0.25) is 0 Å². The number of aromatic nitrogens is 4. The summed E-state index contributed by atoms with van der Waals surface area (Å²) in [7, 11) is 0. The predicted octanol–water partition coefficient (Wildman–Crippen LogP) is 1.99.